The molecular weight excluding hydrogens is 473 g/mol. The lowest BCUT2D eigenvalue weighted by Crippen LogP contribution is -2.34. The molecule has 3 N–H and O–H groups in total. The minimum Gasteiger partial charge on any atom is -0.490 e. The maximum atomic E-state index is 11.0. The van der Waals surface area contributed by atoms with Crippen LogP contribution in [-0.4, -0.2) is 52.7 Å². The molecule has 0 radical (unpaired) electrons. The highest BCUT2D eigenvalue weighted by Gasteiger charge is 2.19. The third kappa shape index (κ3) is 6.20. The summed E-state index contributed by atoms with van der Waals surface area (Å²) < 4.78 is 10.4. The fraction of sp³-hybridized carbons (Fsp3) is 0.238. The van der Waals surface area contributed by atoms with E-state index in [1.54, 1.807) is 6.07 Å². The van der Waals surface area contributed by atoms with Crippen molar-refractivity contribution in [2.75, 3.05) is 31.6 Å². The highest BCUT2D eigenvalue weighted by atomic mass is 35.5. The first-order valence-electron chi connectivity index (χ1n) is 9.76. The van der Waals surface area contributed by atoms with Crippen LogP contribution in [0.2, 0.25) is 0 Å². The van der Waals surface area contributed by atoms with Crippen LogP contribution >= 0.6 is 24.8 Å². The number of fused-ring (bicyclic) bond motifs is 2. The second kappa shape index (κ2) is 12.2. The Hall–Kier alpha value is -3.18. The summed E-state index contributed by atoms with van der Waals surface area (Å²) in [6.45, 7) is 1.58. The predicted molar refractivity (Wildman–Crippen MR) is 130 cm³/mol. The van der Waals surface area contributed by atoms with Crippen LogP contribution in [0.5, 0.6) is 5.75 Å². The average Bonchev–Trinajstić information content (AvgIpc) is 3.27. The van der Waals surface area contributed by atoms with E-state index in [9.17, 15) is 15.2 Å². The van der Waals surface area contributed by atoms with Crippen LogP contribution in [-0.2, 0) is 0 Å². The minimum absolute atomic E-state index is 0. The Morgan fingerprint density at radius 1 is 1.03 bits per heavy atom. The van der Waals surface area contributed by atoms with E-state index < -0.39 is 11.0 Å². The molecule has 4 aromatic rings. The molecule has 4 rings (SSSR count). The van der Waals surface area contributed by atoms with Crippen molar-refractivity contribution in [3.05, 3.63) is 64.7 Å². The first-order valence-corrected chi connectivity index (χ1v) is 9.76. The lowest BCUT2D eigenvalue weighted by Gasteiger charge is -2.15. The Kier molecular flexibility index (Phi) is 9.61. The van der Waals surface area contributed by atoms with Gasteiger partial charge in [0.05, 0.1) is 10.6 Å². The topological polar surface area (TPSA) is 136 Å². The van der Waals surface area contributed by atoms with E-state index in [1.807, 2.05) is 42.5 Å². The Morgan fingerprint density at radius 2 is 1.79 bits per heavy atom. The maximum Gasteiger partial charge on any atom is 0.300 e. The first-order chi connectivity index (χ1) is 15.1. The number of non-ortho nitro benzene ring substituents is 1. The predicted octanol–water partition coefficient (Wildman–Crippen LogP) is 3.57. The van der Waals surface area contributed by atoms with Crippen LogP contribution in [0.15, 0.2) is 59.2 Å². The van der Waals surface area contributed by atoms with Gasteiger partial charge in [-0.25, -0.2) is 4.63 Å². The molecule has 1 aromatic heterocycles. The summed E-state index contributed by atoms with van der Waals surface area (Å²) in [5.41, 5.74) is 0.833. The second-order valence-electron chi connectivity index (χ2n) is 6.92. The quantitative estimate of drug-likeness (QED) is 0.171. The number of ether oxygens (including phenoxy) is 1. The number of aromatic nitrogens is 2. The Bertz CT molecular complexity index is 1200. The van der Waals surface area contributed by atoms with Gasteiger partial charge in [-0.2, -0.15) is 0 Å². The number of hydrogen-bond donors (Lipinski definition) is 3. The van der Waals surface area contributed by atoms with Gasteiger partial charge < -0.3 is 20.5 Å². The molecule has 0 aliphatic carbocycles. The SMILES string of the molecule is Cl.Cl.O=[N+]([O-])c1ccc(NCCNCC(O)COc2cccc3ccccc23)c2nonc12. The van der Waals surface area contributed by atoms with Crippen LogP contribution in [0.4, 0.5) is 11.4 Å². The Labute approximate surface area is 201 Å². The van der Waals surface area contributed by atoms with Crippen molar-refractivity contribution < 1.29 is 19.4 Å². The molecule has 12 heteroatoms. The van der Waals surface area contributed by atoms with Crippen molar-refractivity contribution in [2.24, 2.45) is 0 Å². The van der Waals surface area contributed by atoms with E-state index in [-0.39, 0.29) is 42.6 Å². The molecule has 1 heterocycles. The van der Waals surface area contributed by atoms with E-state index in [4.69, 9.17) is 4.74 Å². The van der Waals surface area contributed by atoms with E-state index >= 15 is 0 Å². The number of nitrogens with one attached hydrogen (secondary N) is 2. The van der Waals surface area contributed by atoms with Crippen LogP contribution in [0.25, 0.3) is 21.8 Å². The molecule has 1 unspecified atom stereocenters. The summed E-state index contributed by atoms with van der Waals surface area (Å²) in [5.74, 6) is 0.738. The number of nitrogens with zero attached hydrogens (tertiary/aromatic N) is 3. The number of anilines is 1. The molecule has 176 valence electrons. The number of hydrogen-bond acceptors (Lipinski definition) is 9. The minimum atomic E-state index is -0.676. The highest BCUT2D eigenvalue weighted by Crippen LogP contribution is 2.28. The number of halogens is 2. The molecule has 3 aromatic carbocycles. The molecule has 33 heavy (non-hydrogen) atoms. The molecule has 0 spiro atoms. The molecule has 0 bridgehead atoms. The zero-order valence-electron chi connectivity index (χ0n) is 17.3. The Morgan fingerprint density at radius 3 is 2.61 bits per heavy atom. The zero-order valence-corrected chi connectivity index (χ0v) is 19.0. The molecule has 10 nitrogen and oxygen atoms in total. The molecular formula is C21H23Cl2N5O5. The summed E-state index contributed by atoms with van der Waals surface area (Å²) in [6, 6.07) is 16.7. The summed E-state index contributed by atoms with van der Waals surface area (Å²) >= 11 is 0. The van der Waals surface area contributed by atoms with Crippen LogP contribution in [0.3, 0.4) is 0 Å². The average molecular weight is 496 g/mol. The lowest BCUT2D eigenvalue weighted by atomic mass is 10.1. The number of nitro benzene ring substituents is 1. The van der Waals surface area contributed by atoms with Crippen molar-refractivity contribution in [3.63, 3.8) is 0 Å². The molecule has 1 atom stereocenters. The van der Waals surface area contributed by atoms with Crippen LogP contribution in [0.1, 0.15) is 0 Å². The fourth-order valence-corrected chi connectivity index (χ4v) is 3.26. The van der Waals surface area contributed by atoms with Gasteiger partial charge in [0, 0.05) is 31.1 Å². The van der Waals surface area contributed by atoms with Crippen molar-refractivity contribution in [3.8, 4) is 5.75 Å². The third-order valence-electron chi connectivity index (χ3n) is 4.77. The number of nitro groups is 1. The standard InChI is InChI=1S/C21H21N5O5.2ClH/c27-15(13-30-19-7-3-5-14-4-1-2-6-16(14)19)12-22-10-11-23-17-8-9-18(26(28)29)21-20(17)24-31-25-21;;/h1-9,15,22-23,27H,10-13H2;2*1H. The van der Waals surface area contributed by atoms with Gasteiger partial charge in [0.2, 0.25) is 5.52 Å². The van der Waals surface area contributed by atoms with Crippen molar-refractivity contribution >= 4 is 58.0 Å². The van der Waals surface area contributed by atoms with Gasteiger partial charge in [-0.05, 0) is 27.8 Å². The number of aliphatic hydroxyl groups excluding tert-OH is 1. The van der Waals surface area contributed by atoms with Crippen LogP contribution in [0, 0.1) is 10.1 Å². The third-order valence-corrected chi connectivity index (χ3v) is 4.77. The number of rotatable bonds is 10. The molecule has 0 saturated carbocycles. The van der Waals surface area contributed by atoms with Gasteiger partial charge in [-0.3, -0.25) is 10.1 Å². The van der Waals surface area contributed by atoms with Gasteiger partial charge in [0.25, 0.3) is 0 Å². The summed E-state index contributed by atoms with van der Waals surface area (Å²) in [7, 11) is 0. The second-order valence-corrected chi connectivity index (χ2v) is 6.92. The first kappa shape index (κ1) is 26.1. The Balaban J connectivity index is 0.00000193. The smallest absolute Gasteiger partial charge is 0.300 e. The molecule has 0 saturated heterocycles. The normalized spacial score (nSPS) is 11.4. The van der Waals surface area contributed by atoms with Gasteiger partial charge in [-0.15, -0.1) is 24.8 Å². The fourth-order valence-electron chi connectivity index (χ4n) is 3.26. The molecule has 0 amide bonds. The van der Waals surface area contributed by atoms with Gasteiger partial charge in [0.1, 0.15) is 18.5 Å². The molecule has 0 aliphatic rings. The monoisotopic (exact) mass is 495 g/mol. The zero-order chi connectivity index (χ0) is 21.6. The van der Waals surface area contributed by atoms with Gasteiger partial charge in [-0.1, -0.05) is 36.4 Å². The molecule has 0 fully saturated rings. The van der Waals surface area contributed by atoms with E-state index in [0.29, 0.717) is 30.8 Å². The maximum absolute atomic E-state index is 11.0. The number of benzene rings is 3. The largest absolute Gasteiger partial charge is 0.490 e. The number of aliphatic hydroxyl groups is 1. The van der Waals surface area contributed by atoms with E-state index in [2.05, 4.69) is 25.6 Å². The summed E-state index contributed by atoms with van der Waals surface area (Å²) in [6.07, 6.45) is -0.676. The summed E-state index contributed by atoms with van der Waals surface area (Å²) in [4.78, 5) is 10.5. The summed E-state index contributed by atoms with van der Waals surface area (Å²) in [5, 5.41) is 36.9. The van der Waals surface area contributed by atoms with Crippen LogP contribution < -0.4 is 15.4 Å². The van der Waals surface area contributed by atoms with Crippen molar-refractivity contribution in [1.82, 2.24) is 15.6 Å². The van der Waals surface area contributed by atoms with Gasteiger partial charge >= 0.3 is 5.69 Å². The van der Waals surface area contributed by atoms with E-state index in [1.165, 1.54) is 6.07 Å². The highest BCUT2D eigenvalue weighted by molar-refractivity contribution is 5.93. The molecule has 0 aliphatic heterocycles. The van der Waals surface area contributed by atoms with Gasteiger partial charge in [0.15, 0.2) is 5.52 Å². The lowest BCUT2D eigenvalue weighted by molar-refractivity contribution is -0.383. The van der Waals surface area contributed by atoms with E-state index in [0.717, 1.165) is 16.5 Å². The van der Waals surface area contributed by atoms with Crippen molar-refractivity contribution in [2.45, 2.75) is 6.10 Å². The van der Waals surface area contributed by atoms with Crippen molar-refractivity contribution in [1.29, 1.82) is 0 Å².